The van der Waals surface area contributed by atoms with Crippen LogP contribution in [-0.2, 0) is 9.59 Å². The Morgan fingerprint density at radius 2 is 1.91 bits per heavy atom. The monoisotopic (exact) mass is 372 g/mol. The Kier molecular flexibility index (Phi) is 4.48. The third-order valence-corrected chi connectivity index (χ3v) is 4.77. The summed E-state index contributed by atoms with van der Waals surface area (Å²) in [6.45, 7) is 1.94. The minimum Gasteiger partial charge on any atom is -0.349 e. The highest BCUT2D eigenvalue weighted by Gasteiger charge is 2.31. The van der Waals surface area contributed by atoms with E-state index in [0.29, 0.717) is 0 Å². The van der Waals surface area contributed by atoms with Gasteiger partial charge in [0.1, 0.15) is 0 Å². The first kappa shape index (κ1) is 15.7. The highest BCUT2D eigenvalue weighted by molar-refractivity contribution is 9.10. The zero-order valence-electron chi connectivity index (χ0n) is 12.7. The molecule has 0 saturated carbocycles. The van der Waals surface area contributed by atoms with E-state index in [-0.39, 0.29) is 24.3 Å². The molecule has 2 unspecified atom stereocenters. The number of carbonyl (C=O) groups excluding carboxylic acids is 2. The molecule has 1 aliphatic rings. The maximum atomic E-state index is 12.7. The molecule has 4 nitrogen and oxygen atoms in total. The molecule has 0 radical (unpaired) electrons. The van der Waals surface area contributed by atoms with Crippen molar-refractivity contribution in [2.75, 3.05) is 5.32 Å². The molecule has 0 saturated heterocycles. The molecule has 2 aromatic rings. The molecule has 3 rings (SSSR count). The van der Waals surface area contributed by atoms with Crippen molar-refractivity contribution in [2.45, 2.75) is 25.3 Å². The SMILES string of the molecule is CC(NC(=O)C1CC(=O)Nc2ccccc21)c1ccccc1Br. The predicted molar refractivity (Wildman–Crippen MR) is 93.1 cm³/mol. The first-order valence-electron chi connectivity index (χ1n) is 7.50. The number of fused-ring (bicyclic) bond motifs is 1. The van der Waals surface area contributed by atoms with Gasteiger partial charge in [0, 0.05) is 16.6 Å². The van der Waals surface area contributed by atoms with Crippen molar-refractivity contribution < 1.29 is 9.59 Å². The summed E-state index contributed by atoms with van der Waals surface area (Å²) in [4.78, 5) is 24.5. The maximum Gasteiger partial charge on any atom is 0.228 e. The molecule has 0 spiro atoms. The molecular formula is C18H17BrN2O2. The average Bonchev–Trinajstić information content (AvgIpc) is 2.54. The van der Waals surface area contributed by atoms with Gasteiger partial charge in [-0.15, -0.1) is 0 Å². The summed E-state index contributed by atoms with van der Waals surface area (Å²) in [5, 5.41) is 5.83. The van der Waals surface area contributed by atoms with Crippen LogP contribution < -0.4 is 10.6 Å². The van der Waals surface area contributed by atoms with Gasteiger partial charge in [0.2, 0.25) is 11.8 Å². The molecule has 1 heterocycles. The van der Waals surface area contributed by atoms with Gasteiger partial charge in [-0.05, 0) is 30.2 Å². The van der Waals surface area contributed by atoms with E-state index >= 15 is 0 Å². The van der Waals surface area contributed by atoms with E-state index in [4.69, 9.17) is 0 Å². The fraction of sp³-hybridized carbons (Fsp3) is 0.222. The van der Waals surface area contributed by atoms with Crippen LogP contribution in [0.5, 0.6) is 0 Å². The minimum absolute atomic E-state index is 0.127. The first-order chi connectivity index (χ1) is 11.1. The van der Waals surface area contributed by atoms with Crippen molar-refractivity contribution >= 4 is 33.4 Å². The smallest absolute Gasteiger partial charge is 0.228 e. The third kappa shape index (κ3) is 3.29. The van der Waals surface area contributed by atoms with Crippen molar-refractivity contribution in [1.82, 2.24) is 5.32 Å². The van der Waals surface area contributed by atoms with Crippen LogP contribution in [-0.4, -0.2) is 11.8 Å². The van der Waals surface area contributed by atoms with Crippen molar-refractivity contribution in [3.8, 4) is 0 Å². The van der Waals surface area contributed by atoms with Gasteiger partial charge in [-0.25, -0.2) is 0 Å². The van der Waals surface area contributed by atoms with Gasteiger partial charge in [-0.2, -0.15) is 0 Å². The van der Waals surface area contributed by atoms with Gasteiger partial charge < -0.3 is 10.6 Å². The zero-order valence-corrected chi connectivity index (χ0v) is 14.3. The minimum atomic E-state index is -0.454. The lowest BCUT2D eigenvalue weighted by molar-refractivity contribution is -0.126. The Balaban J connectivity index is 1.81. The molecule has 118 valence electrons. The van der Waals surface area contributed by atoms with Gasteiger partial charge in [0.15, 0.2) is 0 Å². The Labute approximate surface area is 143 Å². The van der Waals surface area contributed by atoms with Crippen molar-refractivity contribution in [1.29, 1.82) is 0 Å². The Bertz CT molecular complexity index is 760. The summed E-state index contributed by atoms with van der Waals surface area (Å²) < 4.78 is 0.953. The Hall–Kier alpha value is -2.14. The van der Waals surface area contributed by atoms with Crippen LogP contribution in [0, 0.1) is 0 Å². The van der Waals surface area contributed by atoms with Crippen LogP contribution in [0.2, 0.25) is 0 Å². The largest absolute Gasteiger partial charge is 0.349 e. The predicted octanol–water partition coefficient (Wildman–Crippen LogP) is 3.75. The summed E-state index contributed by atoms with van der Waals surface area (Å²) in [7, 11) is 0. The number of para-hydroxylation sites is 1. The van der Waals surface area contributed by atoms with Gasteiger partial charge in [0.25, 0.3) is 0 Å². The number of nitrogens with one attached hydrogen (secondary N) is 2. The molecule has 0 aliphatic carbocycles. The van der Waals surface area contributed by atoms with Crippen LogP contribution in [0.1, 0.15) is 36.4 Å². The first-order valence-corrected chi connectivity index (χ1v) is 8.29. The lowest BCUT2D eigenvalue weighted by Gasteiger charge is -2.26. The van der Waals surface area contributed by atoms with Crippen molar-refractivity contribution in [2.24, 2.45) is 0 Å². The van der Waals surface area contributed by atoms with E-state index in [1.165, 1.54) is 0 Å². The van der Waals surface area contributed by atoms with Gasteiger partial charge >= 0.3 is 0 Å². The average molecular weight is 373 g/mol. The van der Waals surface area contributed by atoms with Crippen LogP contribution in [0.25, 0.3) is 0 Å². The molecule has 23 heavy (non-hydrogen) atoms. The van der Waals surface area contributed by atoms with Gasteiger partial charge in [-0.1, -0.05) is 52.3 Å². The summed E-state index contributed by atoms with van der Waals surface area (Å²) in [6, 6.07) is 15.1. The number of anilines is 1. The Morgan fingerprint density at radius 3 is 2.70 bits per heavy atom. The molecular weight excluding hydrogens is 356 g/mol. The molecule has 1 aliphatic heterocycles. The van der Waals surface area contributed by atoms with Crippen molar-refractivity contribution in [3.63, 3.8) is 0 Å². The summed E-state index contributed by atoms with van der Waals surface area (Å²) in [5.74, 6) is -0.710. The van der Waals surface area contributed by atoms with Gasteiger partial charge in [0.05, 0.1) is 12.0 Å². The molecule has 0 fully saturated rings. The van der Waals surface area contributed by atoms with E-state index in [9.17, 15) is 9.59 Å². The second-order valence-electron chi connectivity index (χ2n) is 5.64. The number of amides is 2. The fourth-order valence-electron chi connectivity index (χ4n) is 2.86. The third-order valence-electron chi connectivity index (χ3n) is 4.05. The van der Waals surface area contributed by atoms with Crippen molar-refractivity contribution in [3.05, 3.63) is 64.1 Å². The molecule has 2 N–H and O–H groups in total. The molecule has 5 heteroatoms. The Morgan fingerprint density at radius 1 is 1.22 bits per heavy atom. The lowest BCUT2D eigenvalue weighted by Crippen LogP contribution is -2.36. The maximum absolute atomic E-state index is 12.7. The summed E-state index contributed by atoms with van der Waals surface area (Å²) in [6.07, 6.45) is 0.172. The topological polar surface area (TPSA) is 58.2 Å². The van der Waals surface area contributed by atoms with E-state index in [2.05, 4.69) is 26.6 Å². The summed E-state index contributed by atoms with van der Waals surface area (Å²) >= 11 is 3.50. The quantitative estimate of drug-likeness (QED) is 0.861. The zero-order chi connectivity index (χ0) is 16.4. The number of carbonyl (C=O) groups is 2. The number of hydrogen-bond acceptors (Lipinski definition) is 2. The fourth-order valence-corrected chi connectivity index (χ4v) is 3.49. The number of rotatable bonds is 3. The highest BCUT2D eigenvalue weighted by Crippen LogP contribution is 2.33. The second-order valence-corrected chi connectivity index (χ2v) is 6.50. The van der Waals surface area contributed by atoms with E-state index in [1.54, 1.807) is 0 Å². The van der Waals surface area contributed by atoms with E-state index in [0.717, 1.165) is 21.3 Å². The van der Waals surface area contributed by atoms with E-state index < -0.39 is 5.92 Å². The normalized spacial score (nSPS) is 17.8. The second kappa shape index (κ2) is 6.54. The number of benzene rings is 2. The lowest BCUT2D eigenvalue weighted by atomic mass is 9.89. The summed E-state index contributed by atoms with van der Waals surface area (Å²) in [5.41, 5.74) is 2.59. The standard InChI is InChI=1S/C18H17BrN2O2/c1-11(12-6-2-4-8-15(12)19)20-18(23)14-10-17(22)21-16-9-5-3-7-13(14)16/h2-9,11,14H,10H2,1H3,(H,20,23)(H,21,22). The molecule has 0 bridgehead atoms. The molecule has 2 atom stereocenters. The highest BCUT2D eigenvalue weighted by atomic mass is 79.9. The van der Waals surface area contributed by atoms with Gasteiger partial charge in [-0.3, -0.25) is 9.59 Å². The molecule has 0 aromatic heterocycles. The van der Waals surface area contributed by atoms with Crippen LogP contribution in [0.4, 0.5) is 5.69 Å². The van der Waals surface area contributed by atoms with Crippen LogP contribution in [0.3, 0.4) is 0 Å². The number of halogens is 1. The van der Waals surface area contributed by atoms with Crippen LogP contribution in [0.15, 0.2) is 53.0 Å². The molecule has 2 amide bonds. The number of hydrogen-bond donors (Lipinski definition) is 2. The van der Waals surface area contributed by atoms with Crippen LogP contribution >= 0.6 is 15.9 Å². The molecule has 2 aromatic carbocycles. The van der Waals surface area contributed by atoms with E-state index in [1.807, 2.05) is 55.5 Å².